The zero-order valence-electron chi connectivity index (χ0n) is 5.34. The Morgan fingerprint density at radius 2 is 2.40 bits per heavy atom. The molecule has 1 atom stereocenters. The molecule has 1 heterocycles. The zero-order chi connectivity index (χ0) is 7.56. The molecule has 1 aromatic heterocycles. The minimum atomic E-state index is -0.108. The molecule has 0 fully saturated rings. The van der Waals surface area contributed by atoms with Gasteiger partial charge in [-0.3, -0.25) is 0 Å². The van der Waals surface area contributed by atoms with Gasteiger partial charge < -0.3 is 0 Å². The number of thiol groups is 2. The molecule has 1 radical (unpaired) electrons. The fraction of sp³-hybridized carbons (Fsp3) is 0.500. The molecule has 4 nitrogen and oxygen atoms in total. The first-order valence-corrected chi connectivity index (χ1v) is 3.67. The Kier molecular flexibility index (Phi) is 2.56. The Bertz CT molecular complexity index is 211. The maximum atomic E-state index is 4.16. The van der Waals surface area contributed by atoms with Gasteiger partial charge in [-0.05, 0) is 10.4 Å². The van der Waals surface area contributed by atoms with Crippen LogP contribution >= 0.6 is 25.3 Å². The van der Waals surface area contributed by atoms with Crippen molar-refractivity contribution >= 4 is 25.3 Å². The molecule has 6 heteroatoms. The van der Waals surface area contributed by atoms with Crippen LogP contribution in [0, 0.1) is 5.75 Å². The van der Waals surface area contributed by atoms with Gasteiger partial charge in [-0.15, -0.1) is 5.10 Å². The summed E-state index contributed by atoms with van der Waals surface area (Å²) in [6, 6.07) is 0. The van der Waals surface area contributed by atoms with Gasteiger partial charge in [-0.1, -0.05) is 0 Å². The SMILES string of the molecule is Cn1nnnc1C(S)[CH]S. The summed E-state index contributed by atoms with van der Waals surface area (Å²) in [6.45, 7) is 0. The lowest BCUT2D eigenvalue weighted by atomic mass is 10.4. The van der Waals surface area contributed by atoms with E-state index in [1.807, 2.05) is 0 Å². The summed E-state index contributed by atoms with van der Waals surface area (Å²) in [5, 5.41) is 10.7. The largest absolute Gasteiger partial charge is 0.232 e. The third-order valence-corrected chi connectivity index (χ3v) is 1.97. The smallest absolute Gasteiger partial charge is 0.164 e. The van der Waals surface area contributed by atoms with Crippen molar-refractivity contribution < 1.29 is 0 Å². The second-order valence-electron chi connectivity index (χ2n) is 1.75. The van der Waals surface area contributed by atoms with E-state index < -0.39 is 0 Å². The molecule has 0 amide bonds. The van der Waals surface area contributed by atoms with E-state index in [9.17, 15) is 0 Å². The Hall–Kier alpha value is -0.230. The molecule has 0 aromatic carbocycles. The molecule has 0 aliphatic carbocycles. The normalized spacial score (nSPS) is 13.5. The molecule has 0 bridgehead atoms. The fourth-order valence-electron chi connectivity index (χ4n) is 0.554. The first-order valence-electron chi connectivity index (χ1n) is 2.63. The van der Waals surface area contributed by atoms with Gasteiger partial charge in [0, 0.05) is 12.8 Å². The van der Waals surface area contributed by atoms with Crippen molar-refractivity contribution in [3.63, 3.8) is 0 Å². The molecular formula is C4H7N4S2. The summed E-state index contributed by atoms with van der Waals surface area (Å²) in [4.78, 5) is 0. The molecule has 1 unspecified atom stereocenters. The van der Waals surface area contributed by atoms with E-state index in [2.05, 4.69) is 40.8 Å². The number of nitrogens with zero attached hydrogens (tertiary/aromatic N) is 4. The average Bonchev–Trinajstić information content (AvgIpc) is 2.34. The lowest BCUT2D eigenvalue weighted by Crippen LogP contribution is -2.01. The molecule has 0 N–H and O–H groups in total. The van der Waals surface area contributed by atoms with E-state index in [4.69, 9.17) is 0 Å². The first-order chi connectivity index (χ1) is 4.75. The van der Waals surface area contributed by atoms with Crippen LogP contribution in [0.2, 0.25) is 0 Å². The van der Waals surface area contributed by atoms with E-state index in [0.717, 1.165) is 0 Å². The van der Waals surface area contributed by atoms with Crippen molar-refractivity contribution in [1.82, 2.24) is 20.2 Å². The van der Waals surface area contributed by atoms with E-state index in [-0.39, 0.29) is 5.25 Å². The van der Waals surface area contributed by atoms with Gasteiger partial charge in [-0.2, -0.15) is 25.3 Å². The maximum absolute atomic E-state index is 4.16. The van der Waals surface area contributed by atoms with Crippen LogP contribution in [0.5, 0.6) is 0 Å². The van der Waals surface area contributed by atoms with Crippen molar-refractivity contribution in [3.05, 3.63) is 11.6 Å². The Morgan fingerprint density at radius 3 is 2.80 bits per heavy atom. The van der Waals surface area contributed by atoms with Gasteiger partial charge in [-0.25, -0.2) is 4.68 Å². The zero-order valence-corrected chi connectivity index (χ0v) is 7.13. The van der Waals surface area contributed by atoms with Gasteiger partial charge >= 0.3 is 0 Å². The van der Waals surface area contributed by atoms with Crippen molar-refractivity contribution in [2.75, 3.05) is 0 Å². The van der Waals surface area contributed by atoms with Crippen molar-refractivity contribution in [2.45, 2.75) is 5.25 Å². The van der Waals surface area contributed by atoms with Crippen LogP contribution in [0.1, 0.15) is 11.1 Å². The predicted octanol–water partition coefficient (Wildman–Crippen LogP) is 0.273. The predicted molar refractivity (Wildman–Crippen MR) is 43.8 cm³/mol. The van der Waals surface area contributed by atoms with Crippen LogP contribution in [0.4, 0.5) is 0 Å². The van der Waals surface area contributed by atoms with Gasteiger partial charge in [0.15, 0.2) is 5.82 Å². The Labute approximate surface area is 69.8 Å². The fourth-order valence-corrected chi connectivity index (χ4v) is 0.906. The average molecular weight is 175 g/mol. The van der Waals surface area contributed by atoms with Crippen molar-refractivity contribution in [3.8, 4) is 0 Å². The highest BCUT2D eigenvalue weighted by Gasteiger charge is 2.10. The standard InChI is InChI=1S/C4H7N4S2/c1-8-4(3(10)2-9)5-6-7-8/h2-3,9-10H,1H3. The van der Waals surface area contributed by atoms with Crippen LogP contribution in [0.25, 0.3) is 0 Å². The van der Waals surface area contributed by atoms with Gasteiger partial charge in [0.2, 0.25) is 0 Å². The van der Waals surface area contributed by atoms with E-state index >= 15 is 0 Å². The number of hydrogen-bond donors (Lipinski definition) is 2. The Morgan fingerprint density at radius 1 is 1.70 bits per heavy atom. The van der Waals surface area contributed by atoms with Crippen molar-refractivity contribution in [2.24, 2.45) is 7.05 Å². The highest BCUT2D eigenvalue weighted by atomic mass is 32.1. The quantitative estimate of drug-likeness (QED) is 0.634. The molecule has 0 spiro atoms. The van der Waals surface area contributed by atoms with Gasteiger partial charge in [0.05, 0.1) is 5.25 Å². The van der Waals surface area contributed by atoms with Crippen LogP contribution < -0.4 is 0 Å². The summed E-state index contributed by atoms with van der Waals surface area (Å²) in [5.74, 6) is 2.31. The lowest BCUT2D eigenvalue weighted by molar-refractivity contribution is 0.685. The molecular weight excluding hydrogens is 168 g/mol. The molecule has 1 aromatic rings. The summed E-state index contributed by atoms with van der Waals surface area (Å²) in [5.41, 5.74) is 0. The van der Waals surface area contributed by atoms with Crippen LogP contribution in [-0.4, -0.2) is 20.2 Å². The molecule has 55 valence electrons. The Balaban J connectivity index is 2.82. The van der Waals surface area contributed by atoms with Gasteiger partial charge in [0.1, 0.15) is 0 Å². The highest BCUT2D eigenvalue weighted by molar-refractivity contribution is 7.86. The monoisotopic (exact) mass is 175 g/mol. The summed E-state index contributed by atoms with van der Waals surface area (Å²) in [6.07, 6.45) is 0. The molecule has 0 aliphatic rings. The van der Waals surface area contributed by atoms with Gasteiger partial charge in [0.25, 0.3) is 0 Å². The highest BCUT2D eigenvalue weighted by Crippen LogP contribution is 2.20. The molecule has 0 saturated heterocycles. The topological polar surface area (TPSA) is 43.6 Å². The molecule has 10 heavy (non-hydrogen) atoms. The van der Waals surface area contributed by atoms with E-state index in [0.29, 0.717) is 5.82 Å². The number of aryl methyl sites for hydroxylation is 1. The second-order valence-corrected chi connectivity index (χ2v) is 2.61. The third kappa shape index (κ3) is 1.43. The minimum absolute atomic E-state index is 0.108. The first kappa shape index (κ1) is 7.87. The molecule has 1 rings (SSSR count). The summed E-state index contributed by atoms with van der Waals surface area (Å²) >= 11 is 8.10. The number of aromatic nitrogens is 4. The molecule has 0 aliphatic heterocycles. The third-order valence-electron chi connectivity index (χ3n) is 1.06. The van der Waals surface area contributed by atoms with Crippen LogP contribution in [0.15, 0.2) is 0 Å². The van der Waals surface area contributed by atoms with Crippen LogP contribution in [0.3, 0.4) is 0 Å². The lowest BCUT2D eigenvalue weighted by Gasteiger charge is -2.01. The molecule has 0 saturated carbocycles. The summed E-state index contributed by atoms with van der Waals surface area (Å²) in [7, 11) is 1.76. The number of rotatable bonds is 2. The van der Waals surface area contributed by atoms with Crippen LogP contribution in [-0.2, 0) is 7.05 Å². The minimum Gasteiger partial charge on any atom is -0.232 e. The number of hydrogen-bond acceptors (Lipinski definition) is 5. The van der Waals surface area contributed by atoms with E-state index in [1.165, 1.54) is 0 Å². The second kappa shape index (κ2) is 3.25. The van der Waals surface area contributed by atoms with E-state index in [1.54, 1.807) is 17.5 Å². The number of tetrazole rings is 1. The van der Waals surface area contributed by atoms with Crippen molar-refractivity contribution in [1.29, 1.82) is 0 Å². The maximum Gasteiger partial charge on any atom is 0.164 e. The summed E-state index contributed by atoms with van der Waals surface area (Å²) < 4.78 is 1.56.